The van der Waals surface area contributed by atoms with Gasteiger partial charge in [-0.05, 0) is 11.6 Å². The van der Waals surface area contributed by atoms with E-state index in [2.05, 4.69) is 15.0 Å². The van der Waals surface area contributed by atoms with Crippen LogP contribution in [-0.2, 0) is 0 Å². The van der Waals surface area contributed by atoms with Gasteiger partial charge in [0.25, 0.3) is 0 Å². The number of hydrogen-bond acceptors (Lipinski definition) is 3. The number of hydrogen-bond donors (Lipinski definition) is 0. The van der Waals surface area contributed by atoms with Crippen LogP contribution in [-0.4, -0.2) is 15.0 Å². The Hall–Kier alpha value is -2.10. The Kier molecular flexibility index (Phi) is 2.78. The lowest BCUT2D eigenvalue weighted by Crippen LogP contribution is -1.87. The van der Waals surface area contributed by atoms with Crippen molar-refractivity contribution >= 4 is 12.2 Å². The van der Waals surface area contributed by atoms with Gasteiger partial charge in [-0.1, -0.05) is 18.2 Å². The van der Waals surface area contributed by atoms with E-state index < -0.39 is 6.08 Å². The number of rotatable bonds is 2. The van der Waals surface area contributed by atoms with E-state index in [1.54, 1.807) is 18.5 Å². The van der Waals surface area contributed by atoms with E-state index in [-0.39, 0.29) is 0 Å². The SMILES string of the molecule is Fc1ncc(/C=C/c2cccnc2)cn1. The number of pyridine rings is 1. The molecule has 0 fully saturated rings. The molecule has 74 valence electrons. The Morgan fingerprint density at radius 2 is 1.73 bits per heavy atom. The zero-order valence-electron chi connectivity index (χ0n) is 7.84. The van der Waals surface area contributed by atoms with Gasteiger partial charge in [-0.15, -0.1) is 0 Å². The third-order valence-corrected chi connectivity index (χ3v) is 1.79. The second-order valence-corrected chi connectivity index (χ2v) is 2.91. The molecule has 0 atom stereocenters. The second kappa shape index (κ2) is 4.41. The van der Waals surface area contributed by atoms with E-state index in [0.29, 0.717) is 0 Å². The summed E-state index contributed by atoms with van der Waals surface area (Å²) in [6.07, 6.45) is 9.25. The van der Waals surface area contributed by atoms with Gasteiger partial charge >= 0.3 is 6.08 Å². The Labute approximate surface area is 86.4 Å². The van der Waals surface area contributed by atoms with Crippen molar-refractivity contribution in [3.63, 3.8) is 0 Å². The Bertz CT molecular complexity index is 451. The molecule has 2 rings (SSSR count). The van der Waals surface area contributed by atoms with Crippen LogP contribution in [0, 0.1) is 6.08 Å². The fraction of sp³-hybridized carbons (Fsp3) is 0. The first-order valence-electron chi connectivity index (χ1n) is 4.40. The van der Waals surface area contributed by atoms with Crippen molar-refractivity contribution in [1.29, 1.82) is 0 Å². The average Bonchev–Trinajstić information content (AvgIpc) is 2.30. The van der Waals surface area contributed by atoms with Crippen LogP contribution in [0.5, 0.6) is 0 Å². The summed E-state index contributed by atoms with van der Waals surface area (Å²) in [4.78, 5) is 10.9. The summed E-state index contributed by atoms with van der Waals surface area (Å²) in [7, 11) is 0. The van der Waals surface area contributed by atoms with E-state index in [9.17, 15) is 4.39 Å². The Morgan fingerprint density at radius 3 is 2.40 bits per heavy atom. The van der Waals surface area contributed by atoms with E-state index in [4.69, 9.17) is 0 Å². The molecule has 0 spiro atoms. The van der Waals surface area contributed by atoms with Crippen molar-refractivity contribution in [2.45, 2.75) is 0 Å². The first-order chi connectivity index (χ1) is 7.34. The number of aromatic nitrogens is 3. The first-order valence-corrected chi connectivity index (χ1v) is 4.40. The van der Waals surface area contributed by atoms with Crippen molar-refractivity contribution in [3.8, 4) is 0 Å². The maximum absolute atomic E-state index is 12.4. The molecule has 0 radical (unpaired) electrons. The van der Waals surface area contributed by atoms with Crippen LogP contribution >= 0.6 is 0 Å². The maximum Gasteiger partial charge on any atom is 0.308 e. The normalized spacial score (nSPS) is 10.7. The topological polar surface area (TPSA) is 38.7 Å². The summed E-state index contributed by atoms with van der Waals surface area (Å²) >= 11 is 0. The molecule has 15 heavy (non-hydrogen) atoms. The largest absolute Gasteiger partial charge is 0.308 e. The highest BCUT2D eigenvalue weighted by atomic mass is 19.1. The summed E-state index contributed by atoms with van der Waals surface area (Å²) in [5.74, 6) is 0. The maximum atomic E-state index is 12.4. The third kappa shape index (κ3) is 2.67. The van der Waals surface area contributed by atoms with Crippen LogP contribution in [0.15, 0.2) is 36.9 Å². The lowest BCUT2D eigenvalue weighted by atomic mass is 10.2. The minimum absolute atomic E-state index is 0.714. The third-order valence-electron chi connectivity index (χ3n) is 1.79. The highest BCUT2D eigenvalue weighted by Gasteiger charge is 1.91. The van der Waals surface area contributed by atoms with Gasteiger partial charge in [-0.3, -0.25) is 4.98 Å². The predicted molar refractivity (Wildman–Crippen MR) is 55.2 cm³/mol. The number of halogens is 1. The highest BCUT2D eigenvalue weighted by molar-refractivity contribution is 5.68. The smallest absolute Gasteiger partial charge is 0.264 e. The van der Waals surface area contributed by atoms with Gasteiger partial charge in [0.15, 0.2) is 0 Å². The van der Waals surface area contributed by atoms with Crippen molar-refractivity contribution in [3.05, 3.63) is 54.1 Å². The lowest BCUT2D eigenvalue weighted by Gasteiger charge is -1.92. The van der Waals surface area contributed by atoms with Gasteiger partial charge < -0.3 is 0 Å². The van der Waals surface area contributed by atoms with Crippen molar-refractivity contribution in [2.75, 3.05) is 0 Å². The fourth-order valence-corrected chi connectivity index (χ4v) is 1.08. The minimum Gasteiger partial charge on any atom is -0.264 e. The zero-order chi connectivity index (χ0) is 10.5. The van der Waals surface area contributed by atoms with Crippen molar-refractivity contribution in [2.24, 2.45) is 0 Å². The van der Waals surface area contributed by atoms with Crippen LogP contribution in [0.3, 0.4) is 0 Å². The quantitative estimate of drug-likeness (QED) is 0.699. The van der Waals surface area contributed by atoms with E-state index >= 15 is 0 Å². The molecule has 0 unspecified atom stereocenters. The van der Waals surface area contributed by atoms with Crippen molar-refractivity contribution < 1.29 is 4.39 Å². The number of nitrogens with zero attached hydrogens (tertiary/aromatic N) is 3. The van der Waals surface area contributed by atoms with Crippen LogP contribution in [0.2, 0.25) is 0 Å². The zero-order valence-corrected chi connectivity index (χ0v) is 7.84. The molecule has 0 aromatic carbocycles. The molecular weight excluding hydrogens is 193 g/mol. The molecule has 3 nitrogen and oxygen atoms in total. The fourth-order valence-electron chi connectivity index (χ4n) is 1.08. The molecule has 0 bridgehead atoms. The summed E-state index contributed by atoms with van der Waals surface area (Å²) < 4.78 is 12.4. The molecule has 2 heterocycles. The lowest BCUT2D eigenvalue weighted by molar-refractivity contribution is 0.538. The first kappa shape index (κ1) is 9.45. The molecule has 2 aromatic rings. The van der Waals surface area contributed by atoms with Gasteiger partial charge in [-0.2, -0.15) is 4.39 Å². The molecule has 0 aliphatic rings. The molecule has 0 aliphatic heterocycles. The van der Waals surface area contributed by atoms with Gasteiger partial charge in [0.2, 0.25) is 0 Å². The van der Waals surface area contributed by atoms with Crippen LogP contribution in [0.25, 0.3) is 12.2 Å². The Balaban J connectivity index is 2.15. The van der Waals surface area contributed by atoms with Crippen LogP contribution in [0.1, 0.15) is 11.1 Å². The minimum atomic E-state index is -0.714. The molecule has 4 heteroatoms. The van der Waals surface area contributed by atoms with Gasteiger partial charge in [0.05, 0.1) is 0 Å². The van der Waals surface area contributed by atoms with Crippen LogP contribution in [0.4, 0.5) is 4.39 Å². The second-order valence-electron chi connectivity index (χ2n) is 2.91. The summed E-state index contributed by atoms with van der Waals surface area (Å²) in [6.45, 7) is 0. The van der Waals surface area contributed by atoms with E-state index in [0.717, 1.165) is 11.1 Å². The molecule has 0 amide bonds. The molecule has 2 aromatic heterocycles. The predicted octanol–water partition coefficient (Wildman–Crippen LogP) is 2.18. The van der Waals surface area contributed by atoms with E-state index in [1.807, 2.05) is 18.2 Å². The average molecular weight is 201 g/mol. The summed E-state index contributed by atoms with van der Waals surface area (Å²) in [5, 5.41) is 0. The van der Waals surface area contributed by atoms with Gasteiger partial charge in [-0.25, -0.2) is 9.97 Å². The monoisotopic (exact) mass is 201 g/mol. The summed E-state index contributed by atoms with van der Waals surface area (Å²) in [6, 6.07) is 3.77. The van der Waals surface area contributed by atoms with Crippen molar-refractivity contribution in [1.82, 2.24) is 15.0 Å². The Morgan fingerprint density at radius 1 is 1.00 bits per heavy atom. The van der Waals surface area contributed by atoms with E-state index in [1.165, 1.54) is 12.4 Å². The van der Waals surface area contributed by atoms with Gasteiger partial charge in [0, 0.05) is 30.4 Å². The molecule has 0 N–H and O–H groups in total. The molecule has 0 aliphatic carbocycles. The molecular formula is C11H8FN3. The highest BCUT2D eigenvalue weighted by Crippen LogP contribution is 2.04. The van der Waals surface area contributed by atoms with Gasteiger partial charge in [0.1, 0.15) is 0 Å². The molecule has 0 saturated heterocycles. The standard InChI is InChI=1S/C11H8FN3/c12-11-14-7-10(8-15-11)4-3-9-2-1-5-13-6-9/h1-8H/b4-3+. The van der Waals surface area contributed by atoms with Crippen LogP contribution < -0.4 is 0 Å². The summed E-state index contributed by atoms with van der Waals surface area (Å²) in [5.41, 5.74) is 1.72. The molecule has 0 saturated carbocycles.